The minimum atomic E-state index is -2.00. The first-order valence-corrected chi connectivity index (χ1v) is 15.5. The van der Waals surface area contributed by atoms with Gasteiger partial charge >= 0.3 is 0 Å². The van der Waals surface area contributed by atoms with E-state index in [2.05, 4.69) is 0 Å². The first kappa shape index (κ1) is 39.9. The molecule has 8 unspecified atom stereocenters. The monoisotopic (exact) mass is 708 g/mol. The molecule has 0 amide bonds. The third kappa shape index (κ3) is 8.28. The van der Waals surface area contributed by atoms with E-state index in [1.165, 1.54) is 0 Å². The Kier molecular flexibility index (Phi) is 14.2. The summed E-state index contributed by atoms with van der Waals surface area (Å²) in [5.74, 6) is 0. The third-order valence-electron chi connectivity index (χ3n) is 8.60. The maximum atomic E-state index is 11.0. The van der Waals surface area contributed by atoms with Crippen LogP contribution in [0.3, 0.4) is 0 Å². The van der Waals surface area contributed by atoms with E-state index in [1.807, 2.05) is 0 Å². The van der Waals surface area contributed by atoms with Crippen molar-refractivity contribution in [2.45, 2.75) is 143 Å². The van der Waals surface area contributed by atoms with Gasteiger partial charge in [-0.25, -0.2) is 0 Å². The maximum Gasteiger partial charge on any atom is 0.187 e. The predicted octanol–water partition coefficient (Wildman–Crippen LogP) is -8.32. The number of hydrogen-bond donors (Lipinski definition) is 13. The Labute approximate surface area is 273 Å². The van der Waals surface area contributed by atoms with Crippen LogP contribution in [0.1, 0.15) is 13.8 Å². The lowest BCUT2D eigenvalue weighted by atomic mass is 9.95. The summed E-state index contributed by atoms with van der Waals surface area (Å²) in [5.41, 5.74) is 0. The summed E-state index contributed by atoms with van der Waals surface area (Å²) in [7, 11) is 0. The largest absolute Gasteiger partial charge is 0.394 e. The van der Waals surface area contributed by atoms with E-state index in [1.54, 1.807) is 13.8 Å². The van der Waals surface area contributed by atoms with Gasteiger partial charge < -0.3 is 104 Å². The van der Waals surface area contributed by atoms with E-state index >= 15 is 0 Å². The number of aliphatic hydroxyl groups excluding tert-OH is 13. The van der Waals surface area contributed by atoms with Crippen LogP contribution in [0.5, 0.6) is 0 Å². The molecular weight excluding hydrogens is 660 g/mol. The highest BCUT2D eigenvalue weighted by molar-refractivity contribution is 4.98. The third-order valence-corrected chi connectivity index (χ3v) is 8.60. The van der Waals surface area contributed by atoms with E-state index in [0.29, 0.717) is 0 Å². The maximum absolute atomic E-state index is 11.0. The number of rotatable bonds is 12. The molecule has 0 aromatic carbocycles. The molecule has 48 heavy (non-hydrogen) atoms. The normalized spacial score (nSPS) is 50.5. The van der Waals surface area contributed by atoms with Gasteiger partial charge in [0.2, 0.25) is 0 Å². The minimum Gasteiger partial charge on any atom is -0.394 e. The zero-order chi connectivity index (χ0) is 35.6. The molecule has 21 heteroatoms. The van der Waals surface area contributed by atoms with Gasteiger partial charge in [0.15, 0.2) is 25.2 Å². The number of hydrogen-bond acceptors (Lipinski definition) is 21. The number of aliphatic hydroxyl groups is 13. The summed E-state index contributed by atoms with van der Waals surface area (Å²) >= 11 is 0. The first-order chi connectivity index (χ1) is 22.7. The molecule has 4 saturated heterocycles. The highest BCUT2D eigenvalue weighted by atomic mass is 16.8. The SMILES string of the molecule is CC(C)O[C@@H]1C(CO)O[C@H](O[C@@H]2C(CO)O[C@H](O[C@@H]3C(CO)O[C@H](O[C@@H]4C(CO)O[C@H](O)C(O)[C@H]4O)C(O)[C@H]3O)C(O)[C@H]2O)C(O)[C@H]1O. The van der Waals surface area contributed by atoms with E-state index in [4.69, 9.17) is 37.9 Å². The highest BCUT2D eigenvalue weighted by Crippen LogP contribution is 2.34. The molecule has 0 aliphatic carbocycles. The van der Waals surface area contributed by atoms with E-state index in [9.17, 15) is 66.4 Å². The predicted molar refractivity (Wildman–Crippen MR) is 148 cm³/mol. The van der Waals surface area contributed by atoms with Crippen LogP contribution in [-0.4, -0.2) is 222 Å². The van der Waals surface area contributed by atoms with Crippen LogP contribution in [0.25, 0.3) is 0 Å². The lowest BCUT2D eigenvalue weighted by Gasteiger charge is -2.49. The van der Waals surface area contributed by atoms with Gasteiger partial charge in [0.25, 0.3) is 0 Å². The fourth-order valence-electron chi connectivity index (χ4n) is 6.01. The molecule has 4 heterocycles. The van der Waals surface area contributed by atoms with Crippen molar-refractivity contribution in [3.8, 4) is 0 Å². The Balaban J connectivity index is 1.43. The van der Waals surface area contributed by atoms with Gasteiger partial charge in [-0.2, -0.15) is 0 Å². The molecule has 4 fully saturated rings. The van der Waals surface area contributed by atoms with Crippen LogP contribution in [0.4, 0.5) is 0 Å². The summed E-state index contributed by atoms with van der Waals surface area (Å²) in [5, 5.41) is 134. The topological polar surface area (TPSA) is 337 Å². The van der Waals surface area contributed by atoms with Crippen molar-refractivity contribution in [3.05, 3.63) is 0 Å². The second kappa shape index (κ2) is 17.1. The van der Waals surface area contributed by atoms with Gasteiger partial charge in [0.1, 0.15) is 97.7 Å². The van der Waals surface area contributed by atoms with Crippen molar-refractivity contribution >= 4 is 0 Å². The molecular formula is C27H48O21. The lowest BCUT2D eigenvalue weighted by Crippen LogP contribution is -2.67. The van der Waals surface area contributed by atoms with Crippen LogP contribution in [-0.2, 0) is 37.9 Å². The molecule has 0 radical (unpaired) electrons. The van der Waals surface area contributed by atoms with E-state index in [0.717, 1.165) is 0 Å². The van der Waals surface area contributed by atoms with Crippen molar-refractivity contribution in [3.63, 3.8) is 0 Å². The van der Waals surface area contributed by atoms with E-state index in [-0.39, 0.29) is 0 Å². The van der Waals surface area contributed by atoms with Crippen molar-refractivity contribution in [1.29, 1.82) is 0 Å². The van der Waals surface area contributed by atoms with Gasteiger partial charge in [0.05, 0.1) is 32.5 Å². The van der Waals surface area contributed by atoms with Gasteiger partial charge in [-0.05, 0) is 13.8 Å². The molecule has 4 rings (SSSR count). The standard InChI is InChI=1S/C27H48O21/c1-7(2)41-20-9(4-29)43-25(17(37)13(20)33)47-22-11(6-31)45-27(19(39)15(22)35)48-23-10(5-30)44-26(18(38)14(23)34)46-21-8(3-28)42-24(40)16(36)12(21)32/h7-40H,3-6H2,1-2H3/t8?,9?,10?,11?,12-,13-,14-,15-,16?,17?,18?,19?,20-,21-,22-,23-,24+,25-,26-,27-/m1/s1. The molecule has 0 bridgehead atoms. The molecule has 20 atom stereocenters. The van der Waals surface area contributed by atoms with Crippen molar-refractivity contribution in [2.75, 3.05) is 26.4 Å². The summed E-state index contributed by atoms with van der Waals surface area (Å²) in [6.07, 6.45) is -34.3. The fourth-order valence-corrected chi connectivity index (χ4v) is 6.01. The first-order valence-electron chi connectivity index (χ1n) is 15.5. The van der Waals surface area contributed by atoms with Crippen LogP contribution >= 0.6 is 0 Å². The molecule has 0 aromatic heterocycles. The molecule has 0 saturated carbocycles. The van der Waals surface area contributed by atoms with Crippen molar-refractivity contribution in [1.82, 2.24) is 0 Å². The van der Waals surface area contributed by atoms with Crippen LogP contribution in [0.2, 0.25) is 0 Å². The Hall–Kier alpha value is -0.840. The molecule has 13 N–H and O–H groups in total. The summed E-state index contributed by atoms with van der Waals surface area (Å²) in [6, 6.07) is 0. The number of ether oxygens (including phenoxy) is 8. The Morgan fingerprint density at radius 3 is 1.04 bits per heavy atom. The van der Waals surface area contributed by atoms with Gasteiger partial charge in [-0.3, -0.25) is 0 Å². The highest BCUT2D eigenvalue weighted by Gasteiger charge is 2.55. The molecule has 282 valence electrons. The Morgan fingerprint density at radius 2 is 0.708 bits per heavy atom. The van der Waals surface area contributed by atoms with Gasteiger partial charge in [-0.15, -0.1) is 0 Å². The summed E-state index contributed by atoms with van der Waals surface area (Å²) in [4.78, 5) is 0. The Bertz CT molecular complexity index is 972. The van der Waals surface area contributed by atoms with Gasteiger partial charge in [0, 0.05) is 0 Å². The second-order valence-electron chi connectivity index (χ2n) is 12.3. The molecule has 4 aliphatic heterocycles. The minimum absolute atomic E-state index is 0.411. The summed E-state index contributed by atoms with van der Waals surface area (Å²) in [6.45, 7) is 0.113. The fraction of sp³-hybridized carbons (Fsp3) is 1.00. The summed E-state index contributed by atoms with van der Waals surface area (Å²) < 4.78 is 43.9. The van der Waals surface area contributed by atoms with Crippen LogP contribution in [0.15, 0.2) is 0 Å². The molecule has 0 spiro atoms. The second-order valence-corrected chi connectivity index (χ2v) is 12.3. The Morgan fingerprint density at radius 1 is 0.417 bits per heavy atom. The lowest BCUT2D eigenvalue weighted by molar-refractivity contribution is -0.388. The zero-order valence-electron chi connectivity index (χ0n) is 26.0. The zero-order valence-corrected chi connectivity index (χ0v) is 26.0. The smallest absolute Gasteiger partial charge is 0.187 e. The average Bonchev–Trinajstić information content (AvgIpc) is 3.06. The molecule has 0 aromatic rings. The van der Waals surface area contributed by atoms with Gasteiger partial charge in [-0.1, -0.05) is 0 Å². The van der Waals surface area contributed by atoms with Crippen molar-refractivity contribution < 1.29 is 104 Å². The quantitative estimate of drug-likeness (QED) is 0.0895. The van der Waals surface area contributed by atoms with Crippen molar-refractivity contribution in [2.24, 2.45) is 0 Å². The van der Waals surface area contributed by atoms with Crippen LogP contribution < -0.4 is 0 Å². The average molecular weight is 709 g/mol. The van der Waals surface area contributed by atoms with E-state index < -0.39 is 155 Å². The van der Waals surface area contributed by atoms with Crippen LogP contribution in [0, 0.1) is 0 Å². The molecule has 4 aliphatic rings. The molecule has 21 nitrogen and oxygen atoms in total.